The first-order valence-electron chi connectivity index (χ1n) is 6.44. The maximum absolute atomic E-state index is 4.50. The molecule has 0 aliphatic rings. The molecular formula is C13H25N5. The van der Waals surface area contributed by atoms with Crippen molar-refractivity contribution in [3.8, 4) is 0 Å². The number of aromatic nitrogens is 2. The monoisotopic (exact) mass is 251 g/mol. The quantitative estimate of drug-likeness (QED) is 0.799. The van der Waals surface area contributed by atoms with Crippen LogP contribution in [0.25, 0.3) is 0 Å². The van der Waals surface area contributed by atoms with Gasteiger partial charge in [-0.05, 0) is 20.5 Å². The Hall–Kier alpha value is -1.36. The van der Waals surface area contributed by atoms with Crippen LogP contribution in [0, 0.1) is 0 Å². The maximum atomic E-state index is 4.50. The van der Waals surface area contributed by atoms with Crippen LogP contribution >= 0.6 is 0 Å². The second kappa shape index (κ2) is 7.16. The van der Waals surface area contributed by atoms with Crippen molar-refractivity contribution in [1.82, 2.24) is 14.9 Å². The van der Waals surface area contributed by atoms with Crippen molar-refractivity contribution in [3.05, 3.63) is 12.4 Å². The van der Waals surface area contributed by atoms with Crippen molar-refractivity contribution in [1.29, 1.82) is 0 Å². The molecule has 0 saturated carbocycles. The summed E-state index contributed by atoms with van der Waals surface area (Å²) in [4.78, 5) is 12.9. The SMILES string of the molecule is CCC[C@@H](CNc1cncc(N(C)C)n1)N(C)C. The summed E-state index contributed by atoms with van der Waals surface area (Å²) in [5.41, 5.74) is 0. The van der Waals surface area contributed by atoms with E-state index in [1.54, 1.807) is 12.4 Å². The number of anilines is 2. The van der Waals surface area contributed by atoms with Gasteiger partial charge in [-0.2, -0.15) is 0 Å². The van der Waals surface area contributed by atoms with E-state index in [0.717, 1.165) is 18.2 Å². The van der Waals surface area contributed by atoms with E-state index in [0.29, 0.717) is 6.04 Å². The zero-order valence-corrected chi connectivity index (χ0v) is 12.1. The van der Waals surface area contributed by atoms with Gasteiger partial charge < -0.3 is 15.1 Å². The van der Waals surface area contributed by atoms with Gasteiger partial charge in [0.1, 0.15) is 11.6 Å². The molecule has 1 aromatic heterocycles. The molecular weight excluding hydrogens is 226 g/mol. The number of nitrogens with one attached hydrogen (secondary N) is 1. The summed E-state index contributed by atoms with van der Waals surface area (Å²) in [7, 11) is 8.16. The van der Waals surface area contributed by atoms with Crippen molar-refractivity contribution in [2.24, 2.45) is 0 Å². The molecule has 1 aromatic rings. The van der Waals surface area contributed by atoms with Crippen molar-refractivity contribution in [2.45, 2.75) is 25.8 Å². The van der Waals surface area contributed by atoms with Gasteiger partial charge >= 0.3 is 0 Å². The first kappa shape index (κ1) is 14.7. The molecule has 1 atom stereocenters. The molecule has 0 fully saturated rings. The predicted molar refractivity (Wildman–Crippen MR) is 77.2 cm³/mol. The van der Waals surface area contributed by atoms with Crippen LogP contribution in [-0.4, -0.2) is 55.6 Å². The molecule has 0 aliphatic heterocycles. The Morgan fingerprint density at radius 3 is 2.50 bits per heavy atom. The predicted octanol–water partition coefficient (Wildman–Crippen LogP) is 1.68. The standard InChI is InChI=1S/C13H25N5/c1-6-7-11(17(2)3)8-15-12-9-14-10-13(16-12)18(4)5/h9-11H,6-8H2,1-5H3,(H,15,16)/t11-/m0/s1. The van der Waals surface area contributed by atoms with E-state index in [9.17, 15) is 0 Å². The van der Waals surface area contributed by atoms with E-state index >= 15 is 0 Å². The molecule has 5 nitrogen and oxygen atoms in total. The summed E-state index contributed by atoms with van der Waals surface area (Å²) in [6, 6.07) is 0.528. The topological polar surface area (TPSA) is 44.3 Å². The minimum atomic E-state index is 0.528. The summed E-state index contributed by atoms with van der Waals surface area (Å²) in [5.74, 6) is 1.71. The summed E-state index contributed by atoms with van der Waals surface area (Å²) >= 11 is 0. The van der Waals surface area contributed by atoms with Gasteiger partial charge in [-0.3, -0.25) is 4.98 Å². The summed E-state index contributed by atoms with van der Waals surface area (Å²) in [6.07, 6.45) is 5.90. The number of likely N-dealkylation sites (N-methyl/N-ethyl adjacent to an activating group) is 1. The molecule has 5 heteroatoms. The lowest BCUT2D eigenvalue weighted by molar-refractivity contribution is 0.288. The van der Waals surface area contributed by atoms with E-state index in [1.807, 2.05) is 19.0 Å². The third-order valence-electron chi connectivity index (χ3n) is 2.95. The Balaban J connectivity index is 2.58. The highest BCUT2D eigenvalue weighted by Crippen LogP contribution is 2.10. The second-order valence-corrected chi connectivity index (χ2v) is 4.94. The van der Waals surface area contributed by atoms with E-state index in [-0.39, 0.29) is 0 Å². The number of hydrogen-bond acceptors (Lipinski definition) is 5. The highest BCUT2D eigenvalue weighted by atomic mass is 15.2. The zero-order valence-electron chi connectivity index (χ0n) is 12.1. The van der Waals surface area contributed by atoms with E-state index in [1.165, 1.54) is 12.8 Å². The molecule has 0 saturated heterocycles. The fraction of sp³-hybridized carbons (Fsp3) is 0.692. The lowest BCUT2D eigenvalue weighted by atomic mass is 10.1. The van der Waals surface area contributed by atoms with Gasteiger partial charge in [0, 0.05) is 26.7 Å². The third-order valence-corrected chi connectivity index (χ3v) is 2.95. The summed E-state index contributed by atoms with van der Waals surface area (Å²) in [6.45, 7) is 3.11. The average molecular weight is 251 g/mol. The molecule has 0 amide bonds. The molecule has 102 valence electrons. The molecule has 18 heavy (non-hydrogen) atoms. The normalized spacial score (nSPS) is 12.6. The van der Waals surface area contributed by atoms with Gasteiger partial charge in [0.25, 0.3) is 0 Å². The van der Waals surface area contributed by atoms with E-state index in [2.05, 4.69) is 41.2 Å². The first-order valence-corrected chi connectivity index (χ1v) is 6.44. The Morgan fingerprint density at radius 2 is 1.94 bits per heavy atom. The van der Waals surface area contributed by atoms with Gasteiger partial charge in [0.05, 0.1) is 12.4 Å². The molecule has 0 unspecified atom stereocenters. The number of nitrogens with zero attached hydrogens (tertiary/aromatic N) is 4. The molecule has 0 spiro atoms. The first-order chi connectivity index (χ1) is 8.54. The number of hydrogen-bond donors (Lipinski definition) is 1. The van der Waals surface area contributed by atoms with Gasteiger partial charge in [0.15, 0.2) is 0 Å². The molecule has 0 radical (unpaired) electrons. The van der Waals surface area contributed by atoms with Gasteiger partial charge in [-0.15, -0.1) is 0 Å². The van der Waals surface area contributed by atoms with Crippen LogP contribution in [0.15, 0.2) is 12.4 Å². The van der Waals surface area contributed by atoms with Gasteiger partial charge in [-0.25, -0.2) is 4.98 Å². The zero-order chi connectivity index (χ0) is 13.5. The molecule has 0 aliphatic carbocycles. The van der Waals surface area contributed by atoms with Gasteiger partial charge in [0.2, 0.25) is 0 Å². The Morgan fingerprint density at radius 1 is 1.22 bits per heavy atom. The van der Waals surface area contributed by atoms with Crippen molar-refractivity contribution in [3.63, 3.8) is 0 Å². The largest absolute Gasteiger partial charge is 0.367 e. The smallest absolute Gasteiger partial charge is 0.149 e. The van der Waals surface area contributed by atoms with Crippen molar-refractivity contribution < 1.29 is 0 Å². The van der Waals surface area contributed by atoms with Crippen molar-refractivity contribution >= 4 is 11.6 Å². The molecule has 1 heterocycles. The second-order valence-electron chi connectivity index (χ2n) is 4.94. The Labute approximate surface area is 110 Å². The Kier molecular flexibility index (Phi) is 5.85. The molecule has 0 aromatic carbocycles. The summed E-state index contributed by atoms with van der Waals surface area (Å²) < 4.78 is 0. The van der Waals surface area contributed by atoms with Crippen molar-refractivity contribution in [2.75, 3.05) is 45.0 Å². The van der Waals surface area contributed by atoms with Gasteiger partial charge in [-0.1, -0.05) is 13.3 Å². The Bertz CT molecular complexity index is 351. The molecule has 0 bridgehead atoms. The molecule has 1 rings (SSSR count). The van der Waals surface area contributed by atoms with Crippen LogP contribution in [0.4, 0.5) is 11.6 Å². The highest BCUT2D eigenvalue weighted by molar-refractivity contribution is 5.42. The van der Waals surface area contributed by atoms with Crippen LogP contribution < -0.4 is 10.2 Å². The van der Waals surface area contributed by atoms with Crippen LogP contribution in [-0.2, 0) is 0 Å². The lowest BCUT2D eigenvalue weighted by Gasteiger charge is -2.24. The van der Waals surface area contributed by atoms with Crippen LogP contribution in [0.3, 0.4) is 0 Å². The summed E-state index contributed by atoms with van der Waals surface area (Å²) in [5, 5.41) is 3.36. The maximum Gasteiger partial charge on any atom is 0.149 e. The minimum Gasteiger partial charge on any atom is -0.367 e. The van der Waals surface area contributed by atoms with Crippen LogP contribution in [0.2, 0.25) is 0 Å². The third kappa shape index (κ3) is 4.49. The average Bonchev–Trinajstić information content (AvgIpc) is 2.34. The van der Waals surface area contributed by atoms with Crippen LogP contribution in [0.5, 0.6) is 0 Å². The molecule has 1 N–H and O–H groups in total. The fourth-order valence-corrected chi connectivity index (χ4v) is 1.75. The minimum absolute atomic E-state index is 0.528. The fourth-order valence-electron chi connectivity index (χ4n) is 1.75. The number of rotatable bonds is 7. The lowest BCUT2D eigenvalue weighted by Crippen LogP contribution is -2.34. The van der Waals surface area contributed by atoms with E-state index < -0.39 is 0 Å². The highest BCUT2D eigenvalue weighted by Gasteiger charge is 2.10. The van der Waals surface area contributed by atoms with E-state index in [4.69, 9.17) is 0 Å². The van der Waals surface area contributed by atoms with Crippen LogP contribution in [0.1, 0.15) is 19.8 Å².